The molecule has 5 rings (SSSR count). The summed E-state index contributed by atoms with van der Waals surface area (Å²) in [7, 11) is 0. The maximum Gasteiger partial charge on any atom is 0.257 e. The topological polar surface area (TPSA) is 94.0 Å². The Hall–Kier alpha value is -4.17. The van der Waals surface area contributed by atoms with E-state index in [0.717, 1.165) is 5.56 Å². The van der Waals surface area contributed by atoms with Crippen LogP contribution in [0.2, 0.25) is 5.02 Å². The van der Waals surface area contributed by atoms with E-state index in [1.54, 1.807) is 29.1 Å². The van der Waals surface area contributed by atoms with Crippen molar-refractivity contribution in [1.82, 2.24) is 19.7 Å². The Balaban J connectivity index is 1.65. The molecule has 1 aliphatic rings. The first-order valence-electron chi connectivity index (χ1n) is 11.2. The molecule has 0 fully saturated rings. The number of carbonyl (C=O) groups excluding carboxylic acids is 1. The lowest BCUT2D eigenvalue weighted by Crippen LogP contribution is -2.32. The number of allylic oxidation sites excluding steroid dienone is 1. The fourth-order valence-corrected chi connectivity index (χ4v) is 4.32. The monoisotopic (exact) mass is 486 g/mol. The van der Waals surface area contributed by atoms with Crippen LogP contribution in [0.25, 0.3) is 11.4 Å². The number of nitrogens with zero attached hydrogens (tertiary/aromatic N) is 4. The van der Waals surface area contributed by atoms with E-state index in [4.69, 9.17) is 26.4 Å². The highest BCUT2D eigenvalue weighted by Crippen LogP contribution is 2.40. The SMILES string of the molecule is CCOc1ccccc1C1C(C(=O)Nc2ccccn2)=C(C)Nc2nc(-c3ccccc3Cl)nn21. The molecule has 3 heterocycles. The van der Waals surface area contributed by atoms with Crippen molar-refractivity contribution in [1.29, 1.82) is 0 Å². The van der Waals surface area contributed by atoms with Gasteiger partial charge in [-0.2, -0.15) is 4.98 Å². The summed E-state index contributed by atoms with van der Waals surface area (Å²) in [6.45, 7) is 4.25. The van der Waals surface area contributed by atoms with Crippen molar-refractivity contribution in [3.63, 3.8) is 0 Å². The predicted octanol–water partition coefficient (Wildman–Crippen LogP) is 5.32. The summed E-state index contributed by atoms with van der Waals surface area (Å²) in [5.41, 5.74) is 2.62. The van der Waals surface area contributed by atoms with Gasteiger partial charge in [-0.1, -0.05) is 48.0 Å². The van der Waals surface area contributed by atoms with Gasteiger partial charge in [-0.05, 0) is 44.2 Å². The van der Waals surface area contributed by atoms with Gasteiger partial charge in [0.25, 0.3) is 5.91 Å². The number of para-hydroxylation sites is 1. The number of benzene rings is 2. The number of fused-ring (bicyclic) bond motifs is 1. The molecular formula is C26H23ClN6O2. The van der Waals surface area contributed by atoms with E-state index < -0.39 is 6.04 Å². The Morgan fingerprint density at radius 3 is 2.66 bits per heavy atom. The molecule has 8 nitrogen and oxygen atoms in total. The van der Waals surface area contributed by atoms with Crippen molar-refractivity contribution in [3.8, 4) is 17.1 Å². The van der Waals surface area contributed by atoms with E-state index in [0.29, 0.717) is 51.8 Å². The van der Waals surface area contributed by atoms with Gasteiger partial charge in [-0.25, -0.2) is 9.67 Å². The molecule has 9 heteroatoms. The van der Waals surface area contributed by atoms with E-state index >= 15 is 0 Å². The highest BCUT2D eigenvalue weighted by Gasteiger charge is 2.36. The highest BCUT2D eigenvalue weighted by atomic mass is 35.5. The Morgan fingerprint density at radius 2 is 1.89 bits per heavy atom. The van der Waals surface area contributed by atoms with Gasteiger partial charge < -0.3 is 15.4 Å². The van der Waals surface area contributed by atoms with Crippen molar-refractivity contribution in [2.45, 2.75) is 19.9 Å². The summed E-state index contributed by atoms with van der Waals surface area (Å²) in [5, 5.41) is 11.5. The fourth-order valence-electron chi connectivity index (χ4n) is 4.10. The van der Waals surface area contributed by atoms with Gasteiger partial charge in [0, 0.05) is 23.0 Å². The lowest BCUT2D eigenvalue weighted by molar-refractivity contribution is -0.113. The second-order valence-electron chi connectivity index (χ2n) is 7.89. The Labute approximate surface area is 207 Å². The van der Waals surface area contributed by atoms with Crippen LogP contribution in [0.5, 0.6) is 5.75 Å². The molecular weight excluding hydrogens is 464 g/mol. The van der Waals surface area contributed by atoms with Gasteiger partial charge in [0.15, 0.2) is 5.82 Å². The standard InChI is InChI=1S/C26H23ClN6O2/c1-3-35-20-13-7-5-11-18(20)23-22(25(34)30-21-14-8-9-15-28-21)16(2)29-26-31-24(32-33(23)26)17-10-4-6-12-19(17)27/h4-15,23H,3H2,1-2H3,(H,28,30,34)(H,29,31,32). The molecule has 1 unspecified atom stereocenters. The minimum atomic E-state index is -0.596. The second kappa shape index (κ2) is 9.60. The second-order valence-corrected chi connectivity index (χ2v) is 8.30. The summed E-state index contributed by atoms with van der Waals surface area (Å²) in [6, 6.07) is 19.8. The minimum absolute atomic E-state index is 0.301. The lowest BCUT2D eigenvalue weighted by Gasteiger charge is -2.29. The Bertz CT molecular complexity index is 1420. The average molecular weight is 487 g/mol. The van der Waals surface area contributed by atoms with Crippen molar-refractivity contribution in [3.05, 3.63) is 94.8 Å². The fraction of sp³-hybridized carbons (Fsp3) is 0.154. The first-order valence-corrected chi connectivity index (χ1v) is 11.6. The number of halogens is 1. The first kappa shape index (κ1) is 22.6. The zero-order valence-corrected chi connectivity index (χ0v) is 20.0. The largest absolute Gasteiger partial charge is 0.494 e. The minimum Gasteiger partial charge on any atom is -0.494 e. The number of nitrogens with one attached hydrogen (secondary N) is 2. The van der Waals surface area contributed by atoms with Gasteiger partial charge in [-0.15, -0.1) is 5.10 Å². The van der Waals surface area contributed by atoms with Gasteiger partial charge in [0.05, 0.1) is 17.2 Å². The van der Waals surface area contributed by atoms with Crippen LogP contribution < -0.4 is 15.4 Å². The average Bonchev–Trinajstić information content (AvgIpc) is 3.28. The van der Waals surface area contributed by atoms with Crippen LogP contribution in [-0.4, -0.2) is 32.3 Å². The van der Waals surface area contributed by atoms with E-state index in [1.807, 2.05) is 62.4 Å². The molecule has 0 radical (unpaired) electrons. The lowest BCUT2D eigenvalue weighted by atomic mass is 9.94. The number of aromatic nitrogens is 4. The van der Waals surface area contributed by atoms with Crippen molar-refractivity contribution in [2.75, 3.05) is 17.2 Å². The highest BCUT2D eigenvalue weighted by molar-refractivity contribution is 6.33. The van der Waals surface area contributed by atoms with Crippen LogP contribution in [0, 0.1) is 0 Å². The third-order valence-corrected chi connectivity index (χ3v) is 5.96. The zero-order valence-electron chi connectivity index (χ0n) is 19.2. The van der Waals surface area contributed by atoms with Crippen molar-refractivity contribution >= 4 is 29.3 Å². The van der Waals surface area contributed by atoms with Gasteiger partial charge >= 0.3 is 0 Å². The summed E-state index contributed by atoms with van der Waals surface area (Å²) in [6.07, 6.45) is 1.63. The van der Waals surface area contributed by atoms with Crippen LogP contribution in [0.4, 0.5) is 11.8 Å². The van der Waals surface area contributed by atoms with Crippen LogP contribution >= 0.6 is 11.6 Å². The summed E-state index contributed by atoms with van der Waals surface area (Å²) in [4.78, 5) is 22.5. The summed E-state index contributed by atoms with van der Waals surface area (Å²) >= 11 is 6.43. The van der Waals surface area contributed by atoms with Gasteiger partial charge in [-0.3, -0.25) is 4.79 Å². The molecule has 0 saturated carbocycles. The predicted molar refractivity (Wildman–Crippen MR) is 135 cm³/mol. The zero-order chi connectivity index (χ0) is 24.4. The smallest absolute Gasteiger partial charge is 0.257 e. The molecule has 0 saturated heterocycles. The number of ether oxygens (including phenoxy) is 1. The van der Waals surface area contributed by atoms with Crippen LogP contribution in [0.15, 0.2) is 84.2 Å². The number of hydrogen-bond donors (Lipinski definition) is 2. The number of anilines is 2. The molecule has 0 spiro atoms. The number of rotatable bonds is 6. The summed E-state index contributed by atoms with van der Waals surface area (Å²) < 4.78 is 7.63. The van der Waals surface area contributed by atoms with E-state index in [9.17, 15) is 4.79 Å². The maximum absolute atomic E-state index is 13.6. The molecule has 0 bridgehead atoms. The molecule has 0 aliphatic carbocycles. The summed E-state index contributed by atoms with van der Waals surface area (Å²) in [5.74, 6) is 1.78. The number of pyridine rings is 1. The molecule has 4 aromatic rings. The maximum atomic E-state index is 13.6. The molecule has 2 aromatic carbocycles. The number of hydrogen-bond acceptors (Lipinski definition) is 6. The number of carbonyl (C=O) groups is 1. The Morgan fingerprint density at radius 1 is 1.11 bits per heavy atom. The van der Waals surface area contributed by atoms with Gasteiger partial charge in [0.2, 0.25) is 5.95 Å². The third-order valence-electron chi connectivity index (χ3n) is 5.63. The third kappa shape index (κ3) is 4.36. The number of amides is 1. The Kier molecular flexibility index (Phi) is 6.20. The van der Waals surface area contributed by atoms with Gasteiger partial charge in [0.1, 0.15) is 17.6 Å². The van der Waals surface area contributed by atoms with E-state index in [-0.39, 0.29) is 5.91 Å². The quantitative estimate of drug-likeness (QED) is 0.383. The molecule has 2 aromatic heterocycles. The van der Waals surface area contributed by atoms with Crippen LogP contribution in [0.3, 0.4) is 0 Å². The van der Waals surface area contributed by atoms with E-state index in [1.165, 1.54) is 0 Å². The molecule has 2 N–H and O–H groups in total. The molecule has 35 heavy (non-hydrogen) atoms. The molecule has 176 valence electrons. The normalized spacial score (nSPS) is 14.8. The van der Waals surface area contributed by atoms with Crippen molar-refractivity contribution in [2.24, 2.45) is 0 Å². The van der Waals surface area contributed by atoms with E-state index in [2.05, 4.69) is 15.6 Å². The molecule has 1 aliphatic heterocycles. The van der Waals surface area contributed by atoms with Crippen LogP contribution in [-0.2, 0) is 4.79 Å². The molecule has 1 amide bonds. The van der Waals surface area contributed by atoms with Crippen molar-refractivity contribution < 1.29 is 9.53 Å². The first-order chi connectivity index (χ1) is 17.1. The van der Waals surface area contributed by atoms with Crippen LogP contribution in [0.1, 0.15) is 25.5 Å². The molecule has 1 atom stereocenters.